The lowest BCUT2D eigenvalue weighted by atomic mass is 10.0. The van der Waals surface area contributed by atoms with E-state index in [2.05, 4.69) is 28.2 Å². The lowest BCUT2D eigenvalue weighted by molar-refractivity contribution is 0.625. The van der Waals surface area contributed by atoms with Gasteiger partial charge in [-0.25, -0.2) is 4.39 Å². The molecule has 1 aliphatic rings. The highest BCUT2D eigenvalue weighted by molar-refractivity contribution is 7.15. The van der Waals surface area contributed by atoms with Gasteiger partial charge in [0, 0.05) is 16.0 Å². The van der Waals surface area contributed by atoms with E-state index in [1.54, 1.807) is 23.5 Å². The van der Waals surface area contributed by atoms with E-state index in [0.29, 0.717) is 17.8 Å². The number of nitrogens with zero attached hydrogens (tertiary/aromatic N) is 4. The van der Waals surface area contributed by atoms with Crippen LogP contribution in [0.3, 0.4) is 0 Å². The molecular formula is C17H15FN4S. The van der Waals surface area contributed by atoms with E-state index >= 15 is 0 Å². The minimum absolute atomic E-state index is 0.254. The first-order valence-electron chi connectivity index (χ1n) is 7.52. The van der Waals surface area contributed by atoms with Crippen LogP contribution in [0.1, 0.15) is 34.6 Å². The summed E-state index contributed by atoms with van der Waals surface area (Å²) in [6.45, 7) is 4.44. The van der Waals surface area contributed by atoms with Crippen molar-refractivity contribution >= 4 is 17.0 Å². The Balaban J connectivity index is 1.99. The fraction of sp³-hybridized carbons (Fsp3) is 0.235. The van der Waals surface area contributed by atoms with Crippen LogP contribution in [0.15, 0.2) is 35.3 Å². The van der Waals surface area contributed by atoms with Crippen LogP contribution in [0.4, 0.5) is 4.39 Å². The first kappa shape index (κ1) is 14.3. The Bertz CT molecular complexity index is 923. The molecule has 6 heteroatoms. The average Bonchev–Trinajstić information content (AvgIpc) is 3.09. The van der Waals surface area contributed by atoms with Crippen LogP contribution in [0.2, 0.25) is 0 Å². The molecule has 0 saturated heterocycles. The van der Waals surface area contributed by atoms with Gasteiger partial charge < -0.3 is 0 Å². The van der Waals surface area contributed by atoms with Gasteiger partial charge in [-0.1, -0.05) is 19.1 Å². The fourth-order valence-electron chi connectivity index (χ4n) is 2.83. The standard InChI is InChI=1S/C17H15FN4S/c1-3-11-8-13-16(12-6-4-5-7-14(12)18)19-9-15-21-20-10(2)22(15)17(13)23-11/h4-8H,3,9H2,1-2H3. The van der Waals surface area contributed by atoms with Crippen LogP contribution in [0.5, 0.6) is 0 Å². The Morgan fingerprint density at radius 2 is 2.04 bits per heavy atom. The van der Waals surface area contributed by atoms with Gasteiger partial charge in [-0.2, -0.15) is 0 Å². The number of hydrogen-bond donors (Lipinski definition) is 0. The van der Waals surface area contributed by atoms with Crippen molar-refractivity contribution in [2.75, 3.05) is 0 Å². The van der Waals surface area contributed by atoms with Crippen molar-refractivity contribution in [3.05, 3.63) is 63.8 Å². The quantitative estimate of drug-likeness (QED) is 0.721. The third-order valence-corrected chi connectivity index (χ3v) is 5.23. The molecule has 3 aromatic rings. The molecule has 0 spiro atoms. The van der Waals surface area contributed by atoms with Crippen molar-refractivity contribution in [1.29, 1.82) is 0 Å². The topological polar surface area (TPSA) is 43.1 Å². The van der Waals surface area contributed by atoms with Crippen LogP contribution in [0, 0.1) is 12.7 Å². The van der Waals surface area contributed by atoms with Gasteiger partial charge >= 0.3 is 0 Å². The summed E-state index contributed by atoms with van der Waals surface area (Å²) in [4.78, 5) is 5.89. The van der Waals surface area contributed by atoms with Gasteiger partial charge in [-0.05, 0) is 31.5 Å². The molecule has 3 heterocycles. The molecule has 23 heavy (non-hydrogen) atoms. The first-order valence-corrected chi connectivity index (χ1v) is 8.34. The Morgan fingerprint density at radius 1 is 1.22 bits per heavy atom. The Morgan fingerprint density at radius 3 is 2.83 bits per heavy atom. The van der Waals surface area contributed by atoms with Crippen molar-refractivity contribution < 1.29 is 4.39 Å². The van der Waals surface area contributed by atoms with Crippen LogP contribution in [-0.4, -0.2) is 20.5 Å². The molecule has 0 atom stereocenters. The zero-order chi connectivity index (χ0) is 16.0. The fourth-order valence-corrected chi connectivity index (χ4v) is 4.00. The smallest absolute Gasteiger partial charge is 0.160 e. The molecule has 116 valence electrons. The summed E-state index contributed by atoms with van der Waals surface area (Å²) in [5.74, 6) is 1.37. The number of thiophene rings is 1. The normalized spacial score (nSPS) is 13.3. The van der Waals surface area contributed by atoms with E-state index in [9.17, 15) is 4.39 Å². The molecule has 0 bridgehead atoms. The molecule has 0 fully saturated rings. The Labute approximate surface area is 137 Å². The molecule has 0 unspecified atom stereocenters. The number of aryl methyl sites for hydroxylation is 2. The van der Waals surface area contributed by atoms with Crippen molar-refractivity contribution in [2.24, 2.45) is 4.99 Å². The molecule has 0 saturated carbocycles. The molecule has 4 nitrogen and oxygen atoms in total. The van der Waals surface area contributed by atoms with Crippen molar-refractivity contribution in [3.8, 4) is 5.00 Å². The first-order chi connectivity index (χ1) is 11.2. The Hall–Kier alpha value is -2.34. The third kappa shape index (κ3) is 2.21. The highest BCUT2D eigenvalue weighted by Gasteiger charge is 2.25. The number of benzene rings is 1. The molecule has 0 aliphatic carbocycles. The molecule has 0 radical (unpaired) electrons. The SMILES string of the molecule is CCc1cc2c(s1)-n1c(C)nnc1CN=C2c1ccccc1F. The van der Waals surface area contributed by atoms with E-state index in [-0.39, 0.29) is 5.82 Å². The van der Waals surface area contributed by atoms with Crippen LogP contribution >= 0.6 is 11.3 Å². The van der Waals surface area contributed by atoms with Crippen molar-refractivity contribution in [2.45, 2.75) is 26.8 Å². The lowest BCUT2D eigenvalue weighted by Crippen LogP contribution is -2.07. The average molecular weight is 326 g/mol. The summed E-state index contributed by atoms with van der Waals surface area (Å²) < 4.78 is 16.3. The predicted molar refractivity (Wildman–Crippen MR) is 89.1 cm³/mol. The van der Waals surface area contributed by atoms with E-state index in [0.717, 1.165) is 28.6 Å². The number of hydrogen-bond acceptors (Lipinski definition) is 4. The predicted octanol–water partition coefficient (Wildman–Crippen LogP) is 3.69. The molecule has 1 aromatic carbocycles. The maximum atomic E-state index is 14.3. The molecule has 1 aliphatic heterocycles. The maximum Gasteiger partial charge on any atom is 0.160 e. The lowest BCUT2D eigenvalue weighted by Gasteiger charge is -2.08. The number of aliphatic imine (C=N–C) groups is 1. The second kappa shape index (κ2) is 5.38. The summed E-state index contributed by atoms with van der Waals surface area (Å²) in [6, 6.07) is 8.90. The van der Waals surface area contributed by atoms with Gasteiger partial charge in [-0.3, -0.25) is 9.56 Å². The number of aromatic nitrogens is 3. The second-order valence-corrected chi connectivity index (χ2v) is 6.54. The largest absolute Gasteiger partial charge is 0.276 e. The number of halogens is 1. The number of fused-ring (bicyclic) bond motifs is 3. The summed E-state index contributed by atoms with van der Waals surface area (Å²) in [6.07, 6.45) is 0.929. The van der Waals surface area contributed by atoms with Crippen LogP contribution in [-0.2, 0) is 13.0 Å². The summed E-state index contributed by atoms with van der Waals surface area (Å²) in [5, 5.41) is 9.41. The van der Waals surface area contributed by atoms with E-state index in [1.165, 1.54) is 10.9 Å². The zero-order valence-corrected chi connectivity index (χ0v) is 13.7. The van der Waals surface area contributed by atoms with Crippen molar-refractivity contribution in [3.63, 3.8) is 0 Å². The minimum Gasteiger partial charge on any atom is -0.276 e. The minimum atomic E-state index is -0.254. The highest BCUT2D eigenvalue weighted by atomic mass is 32.1. The summed E-state index contributed by atoms with van der Waals surface area (Å²) in [5.41, 5.74) is 2.18. The molecule has 2 aromatic heterocycles. The molecule has 0 amide bonds. The van der Waals surface area contributed by atoms with Gasteiger partial charge in [0.1, 0.15) is 23.2 Å². The number of rotatable bonds is 2. The van der Waals surface area contributed by atoms with Crippen LogP contribution < -0.4 is 0 Å². The van der Waals surface area contributed by atoms with Gasteiger partial charge in [-0.15, -0.1) is 21.5 Å². The summed E-state index contributed by atoms with van der Waals surface area (Å²) in [7, 11) is 0. The highest BCUT2D eigenvalue weighted by Crippen LogP contribution is 2.33. The maximum absolute atomic E-state index is 14.3. The second-order valence-electron chi connectivity index (χ2n) is 5.43. The van der Waals surface area contributed by atoms with Gasteiger partial charge in [0.15, 0.2) is 5.82 Å². The van der Waals surface area contributed by atoms with E-state index < -0.39 is 0 Å². The van der Waals surface area contributed by atoms with Gasteiger partial charge in [0.2, 0.25) is 0 Å². The van der Waals surface area contributed by atoms with Gasteiger partial charge in [0.25, 0.3) is 0 Å². The van der Waals surface area contributed by atoms with E-state index in [1.807, 2.05) is 17.6 Å². The molecule has 0 N–H and O–H groups in total. The van der Waals surface area contributed by atoms with Crippen molar-refractivity contribution in [1.82, 2.24) is 14.8 Å². The summed E-state index contributed by atoms with van der Waals surface area (Å²) >= 11 is 1.69. The zero-order valence-electron chi connectivity index (χ0n) is 12.9. The molecular weight excluding hydrogens is 311 g/mol. The van der Waals surface area contributed by atoms with Gasteiger partial charge in [0.05, 0.1) is 5.71 Å². The third-order valence-electron chi connectivity index (χ3n) is 3.97. The van der Waals surface area contributed by atoms with E-state index in [4.69, 9.17) is 0 Å². The monoisotopic (exact) mass is 326 g/mol. The Kier molecular flexibility index (Phi) is 3.34. The molecule has 4 rings (SSSR count). The van der Waals surface area contributed by atoms with Crippen LogP contribution in [0.25, 0.3) is 5.00 Å².